The summed E-state index contributed by atoms with van der Waals surface area (Å²) in [6.45, 7) is 0.470. The van der Waals surface area contributed by atoms with Crippen molar-refractivity contribution in [2.75, 3.05) is 6.54 Å². The SMILES string of the molecule is N#Cc1ccc([C@@H]2[C@@H](C(=O)O)CC(=O)N2CCc2ccccc2)cc1. The van der Waals surface area contributed by atoms with Crippen molar-refractivity contribution in [2.24, 2.45) is 5.92 Å². The Balaban J connectivity index is 1.86. The molecular formula is C20H18N2O3. The summed E-state index contributed by atoms with van der Waals surface area (Å²) in [5.74, 6) is -1.88. The minimum absolute atomic E-state index is 0.00872. The Morgan fingerprint density at radius 1 is 1.16 bits per heavy atom. The highest BCUT2D eigenvalue weighted by Crippen LogP contribution is 2.38. The van der Waals surface area contributed by atoms with E-state index in [1.807, 2.05) is 36.4 Å². The average molecular weight is 334 g/mol. The molecule has 0 saturated carbocycles. The van der Waals surface area contributed by atoms with Gasteiger partial charge in [0.15, 0.2) is 0 Å². The lowest BCUT2D eigenvalue weighted by atomic mass is 9.93. The van der Waals surface area contributed by atoms with Crippen molar-refractivity contribution < 1.29 is 14.7 Å². The van der Waals surface area contributed by atoms with Gasteiger partial charge in [0.25, 0.3) is 0 Å². The molecule has 2 aromatic carbocycles. The zero-order valence-corrected chi connectivity index (χ0v) is 13.6. The number of hydrogen-bond acceptors (Lipinski definition) is 3. The Morgan fingerprint density at radius 2 is 1.84 bits per heavy atom. The van der Waals surface area contributed by atoms with Crippen molar-refractivity contribution >= 4 is 11.9 Å². The van der Waals surface area contributed by atoms with Gasteiger partial charge in [0.05, 0.1) is 23.6 Å². The number of rotatable bonds is 5. The predicted molar refractivity (Wildman–Crippen MR) is 91.5 cm³/mol. The first-order valence-electron chi connectivity index (χ1n) is 8.16. The third-order valence-corrected chi connectivity index (χ3v) is 4.61. The van der Waals surface area contributed by atoms with Crippen LogP contribution in [0.1, 0.15) is 29.2 Å². The van der Waals surface area contributed by atoms with Crippen LogP contribution in [0.25, 0.3) is 0 Å². The Kier molecular flexibility index (Phi) is 4.80. The smallest absolute Gasteiger partial charge is 0.309 e. The number of nitriles is 1. The van der Waals surface area contributed by atoms with E-state index in [1.54, 1.807) is 29.2 Å². The summed E-state index contributed by atoms with van der Waals surface area (Å²) in [6, 6.07) is 18.2. The van der Waals surface area contributed by atoms with Crippen LogP contribution in [0.3, 0.4) is 0 Å². The van der Waals surface area contributed by atoms with Gasteiger partial charge in [0, 0.05) is 13.0 Å². The second-order valence-corrected chi connectivity index (χ2v) is 6.15. The molecule has 1 aliphatic rings. The number of likely N-dealkylation sites (tertiary alicyclic amines) is 1. The maximum absolute atomic E-state index is 12.4. The van der Waals surface area contributed by atoms with Crippen molar-refractivity contribution in [2.45, 2.75) is 18.9 Å². The van der Waals surface area contributed by atoms with Gasteiger partial charge in [-0.2, -0.15) is 5.26 Å². The minimum atomic E-state index is -0.968. The molecule has 2 aromatic rings. The lowest BCUT2D eigenvalue weighted by Crippen LogP contribution is -2.32. The van der Waals surface area contributed by atoms with Gasteiger partial charge >= 0.3 is 5.97 Å². The molecule has 3 rings (SSSR count). The molecule has 0 aliphatic carbocycles. The van der Waals surface area contributed by atoms with Crippen LogP contribution in [-0.2, 0) is 16.0 Å². The first-order chi connectivity index (χ1) is 12.1. The number of carbonyl (C=O) groups is 2. The van der Waals surface area contributed by atoms with E-state index in [2.05, 4.69) is 0 Å². The summed E-state index contributed by atoms with van der Waals surface area (Å²) in [7, 11) is 0. The summed E-state index contributed by atoms with van der Waals surface area (Å²) in [5.41, 5.74) is 2.37. The van der Waals surface area contributed by atoms with Gasteiger partial charge in [-0.1, -0.05) is 42.5 Å². The fourth-order valence-corrected chi connectivity index (χ4v) is 3.34. The highest BCUT2D eigenvalue weighted by molar-refractivity contribution is 5.87. The fourth-order valence-electron chi connectivity index (χ4n) is 3.34. The molecule has 25 heavy (non-hydrogen) atoms. The zero-order valence-electron chi connectivity index (χ0n) is 13.6. The Labute approximate surface area is 146 Å². The molecule has 1 aliphatic heterocycles. The lowest BCUT2D eigenvalue weighted by Gasteiger charge is -2.27. The molecule has 0 unspecified atom stereocenters. The molecule has 1 saturated heterocycles. The van der Waals surface area contributed by atoms with Crippen molar-refractivity contribution in [3.05, 3.63) is 71.3 Å². The van der Waals surface area contributed by atoms with E-state index in [4.69, 9.17) is 5.26 Å². The number of amides is 1. The number of carboxylic acids is 1. The lowest BCUT2D eigenvalue weighted by molar-refractivity contribution is -0.142. The molecule has 1 fully saturated rings. The maximum atomic E-state index is 12.4. The Hall–Kier alpha value is -3.13. The van der Waals surface area contributed by atoms with Gasteiger partial charge in [-0.3, -0.25) is 9.59 Å². The second-order valence-electron chi connectivity index (χ2n) is 6.15. The maximum Gasteiger partial charge on any atom is 0.309 e. The summed E-state index contributed by atoms with van der Waals surface area (Å²) < 4.78 is 0. The summed E-state index contributed by atoms with van der Waals surface area (Å²) >= 11 is 0. The van der Waals surface area contributed by atoms with Crippen LogP contribution < -0.4 is 0 Å². The summed E-state index contributed by atoms with van der Waals surface area (Å²) in [4.78, 5) is 25.7. The van der Waals surface area contributed by atoms with E-state index in [1.165, 1.54) is 0 Å². The number of nitrogens with zero attached hydrogens (tertiary/aromatic N) is 2. The first-order valence-corrected chi connectivity index (χ1v) is 8.16. The quantitative estimate of drug-likeness (QED) is 0.911. The van der Waals surface area contributed by atoms with Crippen LogP contribution >= 0.6 is 0 Å². The molecule has 0 aromatic heterocycles. The van der Waals surface area contributed by atoms with Gasteiger partial charge in [0.2, 0.25) is 5.91 Å². The topological polar surface area (TPSA) is 81.4 Å². The van der Waals surface area contributed by atoms with Crippen molar-refractivity contribution in [1.82, 2.24) is 4.90 Å². The molecule has 5 heteroatoms. The number of carboxylic acid groups (broad SMARTS) is 1. The monoisotopic (exact) mass is 334 g/mol. The molecular weight excluding hydrogens is 316 g/mol. The fraction of sp³-hybridized carbons (Fsp3) is 0.250. The molecule has 0 radical (unpaired) electrons. The third kappa shape index (κ3) is 3.53. The van der Waals surface area contributed by atoms with Crippen molar-refractivity contribution in [1.29, 1.82) is 5.26 Å². The number of aliphatic carboxylic acids is 1. The summed E-state index contributed by atoms with van der Waals surface area (Å²) in [6.07, 6.45) is 0.681. The van der Waals surface area contributed by atoms with Crippen LogP contribution in [0.2, 0.25) is 0 Å². The second kappa shape index (κ2) is 7.18. The number of benzene rings is 2. The van der Waals surface area contributed by atoms with Crippen molar-refractivity contribution in [3.63, 3.8) is 0 Å². The van der Waals surface area contributed by atoms with Gasteiger partial charge < -0.3 is 10.0 Å². The van der Waals surface area contributed by atoms with E-state index < -0.39 is 17.9 Å². The molecule has 5 nitrogen and oxygen atoms in total. The van der Waals surface area contributed by atoms with Gasteiger partial charge in [0.1, 0.15) is 0 Å². The molecule has 1 heterocycles. The normalized spacial score (nSPS) is 19.6. The van der Waals surface area contributed by atoms with Crippen LogP contribution in [0.15, 0.2) is 54.6 Å². The van der Waals surface area contributed by atoms with E-state index in [-0.39, 0.29) is 12.3 Å². The molecule has 2 atom stereocenters. The Morgan fingerprint density at radius 3 is 2.44 bits per heavy atom. The number of hydrogen-bond donors (Lipinski definition) is 1. The Bertz CT molecular complexity index is 809. The van der Waals surface area contributed by atoms with E-state index in [0.29, 0.717) is 18.5 Å². The van der Waals surface area contributed by atoms with Crippen LogP contribution in [0, 0.1) is 17.2 Å². The largest absolute Gasteiger partial charge is 0.481 e. The van der Waals surface area contributed by atoms with Crippen molar-refractivity contribution in [3.8, 4) is 6.07 Å². The molecule has 1 amide bonds. The minimum Gasteiger partial charge on any atom is -0.481 e. The molecule has 0 bridgehead atoms. The highest BCUT2D eigenvalue weighted by atomic mass is 16.4. The first kappa shape index (κ1) is 16.7. The molecule has 126 valence electrons. The number of carbonyl (C=O) groups excluding carboxylic acids is 1. The van der Waals surface area contributed by atoms with Gasteiger partial charge in [-0.25, -0.2) is 0 Å². The zero-order chi connectivity index (χ0) is 17.8. The third-order valence-electron chi connectivity index (χ3n) is 4.61. The van der Waals surface area contributed by atoms with Gasteiger partial charge in [-0.15, -0.1) is 0 Å². The average Bonchev–Trinajstić information content (AvgIpc) is 2.97. The highest BCUT2D eigenvalue weighted by Gasteiger charge is 2.44. The molecule has 1 N–H and O–H groups in total. The van der Waals surface area contributed by atoms with E-state index >= 15 is 0 Å². The van der Waals surface area contributed by atoms with Crippen LogP contribution in [0.5, 0.6) is 0 Å². The summed E-state index contributed by atoms with van der Waals surface area (Å²) in [5, 5.41) is 18.5. The van der Waals surface area contributed by atoms with E-state index in [0.717, 1.165) is 11.1 Å². The molecule has 0 spiro atoms. The van der Waals surface area contributed by atoms with Gasteiger partial charge in [-0.05, 0) is 29.7 Å². The standard InChI is InChI=1S/C20H18N2O3/c21-13-15-6-8-16(9-7-15)19-17(20(24)25)12-18(23)22(19)11-10-14-4-2-1-3-5-14/h1-9,17,19H,10-12H2,(H,24,25)/t17-,19+/m0/s1. The predicted octanol–water partition coefficient (Wildman–Crippen LogP) is 2.78. The van der Waals surface area contributed by atoms with Crippen LogP contribution in [0.4, 0.5) is 0 Å². The van der Waals surface area contributed by atoms with Crippen LogP contribution in [-0.4, -0.2) is 28.4 Å². The van der Waals surface area contributed by atoms with E-state index in [9.17, 15) is 14.7 Å².